The molecule has 0 aliphatic rings. The first-order chi connectivity index (χ1) is 6.68. The molecular formula is C10H10ClN3. The number of rotatable bonds is 1. The van der Waals surface area contributed by atoms with E-state index in [2.05, 4.69) is 4.98 Å². The van der Waals surface area contributed by atoms with Gasteiger partial charge in [-0.1, -0.05) is 11.6 Å². The van der Waals surface area contributed by atoms with Crippen molar-refractivity contribution in [2.24, 2.45) is 0 Å². The van der Waals surface area contributed by atoms with E-state index >= 15 is 0 Å². The highest BCUT2D eigenvalue weighted by atomic mass is 35.5. The van der Waals surface area contributed by atoms with Crippen LogP contribution in [0.4, 0.5) is 5.69 Å². The van der Waals surface area contributed by atoms with Crippen molar-refractivity contribution in [1.29, 1.82) is 0 Å². The zero-order chi connectivity index (χ0) is 10.1. The third-order valence-corrected chi connectivity index (χ3v) is 2.36. The fraction of sp³-hybridized carbons (Fsp3) is 0.100. The monoisotopic (exact) mass is 207 g/mol. The average molecular weight is 208 g/mol. The number of aryl methyl sites for hydroxylation is 1. The third kappa shape index (κ3) is 1.46. The van der Waals surface area contributed by atoms with Crippen LogP contribution in [-0.2, 0) is 0 Å². The number of nitrogens with two attached hydrogens (primary N) is 1. The Morgan fingerprint density at radius 3 is 2.79 bits per heavy atom. The normalized spacial score (nSPS) is 10.4. The summed E-state index contributed by atoms with van der Waals surface area (Å²) in [5, 5.41) is 0.631. The van der Waals surface area contributed by atoms with Crippen molar-refractivity contribution in [1.82, 2.24) is 9.55 Å². The van der Waals surface area contributed by atoms with Crippen LogP contribution in [0.2, 0.25) is 5.02 Å². The zero-order valence-electron chi connectivity index (χ0n) is 7.74. The van der Waals surface area contributed by atoms with Gasteiger partial charge in [-0.2, -0.15) is 0 Å². The number of hydrogen-bond donors (Lipinski definition) is 1. The number of benzene rings is 1. The largest absolute Gasteiger partial charge is 0.399 e. The molecule has 0 aliphatic carbocycles. The van der Waals surface area contributed by atoms with E-state index in [0.29, 0.717) is 10.7 Å². The van der Waals surface area contributed by atoms with Gasteiger partial charge in [-0.05, 0) is 25.1 Å². The van der Waals surface area contributed by atoms with Crippen molar-refractivity contribution in [3.8, 4) is 5.69 Å². The SMILES string of the molecule is Cc1nccn1-c1ccc(N)cc1Cl. The van der Waals surface area contributed by atoms with E-state index in [4.69, 9.17) is 17.3 Å². The maximum absolute atomic E-state index is 6.06. The zero-order valence-corrected chi connectivity index (χ0v) is 8.49. The molecule has 0 aliphatic heterocycles. The van der Waals surface area contributed by atoms with Gasteiger partial charge in [-0.25, -0.2) is 4.98 Å². The molecule has 2 N–H and O–H groups in total. The average Bonchev–Trinajstić information content (AvgIpc) is 2.52. The minimum Gasteiger partial charge on any atom is -0.399 e. The molecule has 2 aromatic rings. The van der Waals surface area contributed by atoms with E-state index in [9.17, 15) is 0 Å². The molecule has 0 amide bonds. The number of imidazole rings is 1. The lowest BCUT2D eigenvalue weighted by Crippen LogP contribution is -1.97. The first-order valence-electron chi connectivity index (χ1n) is 4.24. The summed E-state index contributed by atoms with van der Waals surface area (Å²) in [7, 11) is 0. The molecule has 0 spiro atoms. The number of halogens is 1. The van der Waals surface area contributed by atoms with E-state index in [1.807, 2.05) is 29.8 Å². The molecule has 0 fully saturated rings. The predicted molar refractivity (Wildman–Crippen MR) is 57.7 cm³/mol. The summed E-state index contributed by atoms with van der Waals surface area (Å²) in [5.41, 5.74) is 7.17. The van der Waals surface area contributed by atoms with Gasteiger partial charge in [-0.3, -0.25) is 0 Å². The van der Waals surface area contributed by atoms with Crippen LogP contribution in [0.15, 0.2) is 30.6 Å². The summed E-state index contributed by atoms with van der Waals surface area (Å²) < 4.78 is 1.92. The predicted octanol–water partition coefficient (Wildman–Crippen LogP) is 2.42. The lowest BCUT2D eigenvalue weighted by Gasteiger charge is -2.07. The molecule has 0 unspecified atom stereocenters. The number of hydrogen-bond acceptors (Lipinski definition) is 2. The Morgan fingerprint density at radius 1 is 1.43 bits per heavy atom. The number of nitrogen functional groups attached to an aromatic ring is 1. The van der Waals surface area contributed by atoms with Gasteiger partial charge in [0.2, 0.25) is 0 Å². The minimum atomic E-state index is 0.631. The summed E-state index contributed by atoms with van der Waals surface area (Å²) in [6.45, 7) is 1.92. The Kier molecular flexibility index (Phi) is 2.17. The minimum absolute atomic E-state index is 0.631. The number of nitrogens with zero attached hydrogens (tertiary/aromatic N) is 2. The van der Waals surface area contributed by atoms with Gasteiger partial charge >= 0.3 is 0 Å². The Bertz CT molecular complexity index is 462. The number of aromatic nitrogens is 2. The van der Waals surface area contributed by atoms with Gasteiger partial charge in [0.15, 0.2) is 0 Å². The Morgan fingerprint density at radius 2 is 2.21 bits per heavy atom. The first kappa shape index (κ1) is 9.09. The van der Waals surface area contributed by atoms with Gasteiger partial charge in [0.25, 0.3) is 0 Å². The van der Waals surface area contributed by atoms with Crippen LogP contribution in [0.1, 0.15) is 5.82 Å². The van der Waals surface area contributed by atoms with Gasteiger partial charge in [0.05, 0.1) is 10.7 Å². The van der Waals surface area contributed by atoms with E-state index in [-0.39, 0.29) is 0 Å². The fourth-order valence-electron chi connectivity index (χ4n) is 1.35. The smallest absolute Gasteiger partial charge is 0.110 e. The van der Waals surface area contributed by atoms with Crippen molar-refractivity contribution < 1.29 is 0 Å². The molecule has 1 heterocycles. The molecule has 14 heavy (non-hydrogen) atoms. The Labute approximate surface area is 87.1 Å². The van der Waals surface area contributed by atoms with Crippen LogP contribution in [0, 0.1) is 6.92 Å². The molecule has 1 aromatic heterocycles. The molecular weight excluding hydrogens is 198 g/mol. The standard InChI is InChI=1S/C10H10ClN3/c1-7-13-4-5-14(7)10-3-2-8(12)6-9(10)11/h2-6H,12H2,1H3. The summed E-state index contributed by atoms with van der Waals surface area (Å²) in [6, 6.07) is 5.43. The molecule has 72 valence electrons. The fourth-order valence-corrected chi connectivity index (χ4v) is 1.63. The van der Waals surface area contributed by atoms with E-state index < -0.39 is 0 Å². The maximum atomic E-state index is 6.06. The van der Waals surface area contributed by atoms with Crippen LogP contribution < -0.4 is 5.73 Å². The quantitative estimate of drug-likeness (QED) is 0.730. The third-order valence-electron chi connectivity index (χ3n) is 2.06. The molecule has 0 bridgehead atoms. The molecule has 0 radical (unpaired) electrons. The highest BCUT2D eigenvalue weighted by Gasteiger charge is 2.04. The molecule has 3 nitrogen and oxygen atoms in total. The van der Waals surface area contributed by atoms with E-state index in [0.717, 1.165) is 11.5 Å². The molecule has 4 heteroatoms. The molecule has 0 saturated heterocycles. The second-order valence-corrected chi connectivity index (χ2v) is 3.46. The van der Waals surface area contributed by atoms with E-state index in [1.54, 1.807) is 12.3 Å². The summed E-state index contributed by atoms with van der Waals surface area (Å²) in [5.74, 6) is 0.900. The van der Waals surface area contributed by atoms with Crippen molar-refractivity contribution in [2.45, 2.75) is 6.92 Å². The summed E-state index contributed by atoms with van der Waals surface area (Å²) >= 11 is 6.06. The lowest BCUT2D eigenvalue weighted by molar-refractivity contribution is 0.975. The van der Waals surface area contributed by atoms with E-state index in [1.165, 1.54) is 0 Å². The van der Waals surface area contributed by atoms with Crippen LogP contribution in [0.5, 0.6) is 0 Å². The Balaban J connectivity index is 2.58. The lowest BCUT2D eigenvalue weighted by atomic mass is 10.3. The molecule has 2 rings (SSSR count). The van der Waals surface area contributed by atoms with Crippen LogP contribution in [0.3, 0.4) is 0 Å². The second kappa shape index (κ2) is 3.35. The van der Waals surface area contributed by atoms with Gasteiger partial charge in [-0.15, -0.1) is 0 Å². The van der Waals surface area contributed by atoms with Crippen molar-refractivity contribution in [3.05, 3.63) is 41.4 Å². The molecule has 1 aromatic carbocycles. The summed E-state index contributed by atoms with van der Waals surface area (Å²) in [4.78, 5) is 4.13. The van der Waals surface area contributed by atoms with Gasteiger partial charge in [0.1, 0.15) is 5.82 Å². The van der Waals surface area contributed by atoms with Crippen LogP contribution >= 0.6 is 11.6 Å². The highest BCUT2D eigenvalue weighted by molar-refractivity contribution is 6.32. The van der Waals surface area contributed by atoms with Gasteiger partial charge in [0, 0.05) is 18.1 Å². The summed E-state index contributed by atoms with van der Waals surface area (Å²) in [6.07, 6.45) is 3.61. The van der Waals surface area contributed by atoms with Crippen molar-refractivity contribution in [3.63, 3.8) is 0 Å². The van der Waals surface area contributed by atoms with Crippen molar-refractivity contribution >= 4 is 17.3 Å². The topological polar surface area (TPSA) is 43.8 Å². The second-order valence-electron chi connectivity index (χ2n) is 3.06. The maximum Gasteiger partial charge on any atom is 0.110 e. The molecule has 0 saturated carbocycles. The first-order valence-corrected chi connectivity index (χ1v) is 4.61. The van der Waals surface area contributed by atoms with Crippen molar-refractivity contribution in [2.75, 3.05) is 5.73 Å². The van der Waals surface area contributed by atoms with Gasteiger partial charge < -0.3 is 10.3 Å². The molecule has 0 atom stereocenters. The number of anilines is 1. The van der Waals surface area contributed by atoms with Crippen LogP contribution in [0.25, 0.3) is 5.69 Å². The highest BCUT2D eigenvalue weighted by Crippen LogP contribution is 2.23. The van der Waals surface area contributed by atoms with Crippen LogP contribution in [-0.4, -0.2) is 9.55 Å². The Hall–Kier alpha value is -1.48.